The molecule has 1 aliphatic heterocycles. The Kier molecular flexibility index (Phi) is 4.37. The first-order chi connectivity index (χ1) is 7.31. The van der Waals surface area contributed by atoms with Gasteiger partial charge in [-0.3, -0.25) is 4.21 Å². The molecule has 3 atom stereocenters. The summed E-state index contributed by atoms with van der Waals surface area (Å²) in [6.07, 6.45) is 0.193. The maximum atomic E-state index is 12.8. The second kappa shape index (κ2) is 5.18. The fourth-order valence-electron chi connectivity index (χ4n) is 1.51. The van der Waals surface area contributed by atoms with Crippen LogP contribution in [0.2, 0.25) is 0 Å². The summed E-state index contributed by atoms with van der Waals surface area (Å²) in [7, 11) is -0.939. The van der Waals surface area contributed by atoms with Gasteiger partial charge in [-0.2, -0.15) is 8.78 Å². The first-order valence-corrected chi connectivity index (χ1v) is 6.66. The number of esters is 1. The predicted octanol–water partition coefficient (Wildman–Crippen LogP) is 0.294. The van der Waals surface area contributed by atoms with Crippen molar-refractivity contribution in [3.63, 3.8) is 0 Å². The van der Waals surface area contributed by atoms with Crippen LogP contribution in [0.3, 0.4) is 0 Å². The topological polar surface area (TPSA) is 55.4 Å². The number of cyclic esters (lactones) is 1. The number of nitrogens with one attached hydrogen (secondary N) is 1. The van der Waals surface area contributed by atoms with E-state index in [2.05, 4.69) is 10.1 Å². The van der Waals surface area contributed by atoms with Crippen molar-refractivity contribution in [2.75, 3.05) is 18.6 Å². The van der Waals surface area contributed by atoms with Gasteiger partial charge in [0.05, 0.1) is 6.42 Å². The summed E-state index contributed by atoms with van der Waals surface area (Å²) in [5, 5.41) is 2.91. The number of hydrogen-bond acceptors (Lipinski definition) is 4. The minimum absolute atomic E-state index is 0.0567. The molecule has 0 radical (unpaired) electrons. The molecule has 0 saturated carbocycles. The summed E-state index contributed by atoms with van der Waals surface area (Å²) in [6, 6.07) is -0.0567. The number of hydrogen-bond donors (Lipinski definition) is 1. The van der Waals surface area contributed by atoms with Crippen LogP contribution in [0.5, 0.6) is 0 Å². The molecule has 16 heavy (non-hydrogen) atoms. The Balaban J connectivity index is 2.30. The first kappa shape index (κ1) is 13.5. The Morgan fingerprint density at radius 2 is 2.31 bits per heavy atom. The van der Waals surface area contributed by atoms with E-state index in [0.717, 1.165) is 0 Å². The molecule has 1 N–H and O–H groups in total. The third-order valence-corrected chi connectivity index (χ3v) is 3.20. The molecule has 0 aromatic carbocycles. The summed E-state index contributed by atoms with van der Waals surface area (Å²) in [5.74, 6) is -4.37. The molecule has 0 spiro atoms. The van der Waals surface area contributed by atoms with E-state index in [4.69, 9.17) is 0 Å². The quantitative estimate of drug-likeness (QED) is 0.718. The lowest BCUT2D eigenvalue weighted by atomic mass is 10.2. The van der Waals surface area contributed by atoms with E-state index in [1.807, 2.05) is 0 Å². The number of halogens is 2. The summed E-state index contributed by atoms with van der Waals surface area (Å²) < 4.78 is 40.9. The van der Waals surface area contributed by atoms with Crippen molar-refractivity contribution < 1.29 is 22.5 Å². The van der Waals surface area contributed by atoms with Crippen molar-refractivity contribution >= 4 is 16.8 Å². The maximum absolute atomic E-state index is 12.8. The Morgan fingerprint density at radius 3 is 2.75 bits per heavy atom. The SMILES string of the molecule is CC(CS(C)=O)NCC1CC(F)(F)C(=O)O1. The zero-order valence-corrected chi connectivity index (χ0v) is 9.98. The molecular weight excluding hydrogens is 240 g/mol. The third-order valence-electron chi connectivity index (χ3n) is 2.24. The number of alkyl halides is 2. The zero-order valence-electron chi connectivity index (χ0n) is 9.16. The molecule has 0 bridgehead atoms. The number of ether oxygens (including phenoxy) is 1. The van der Waals surface area contributed by atoms with Crippen molar-refractivity contribution in [2.45, 2.75) is 31.4 Å². The van der Waals surface area contributed by atoms with E-state index in [0.29, 0.717) is 5.75 Å². The molecule has 4 nitrogen and oxygen atoms in total. The van der Waals surface area contributed by atoms with Crippen LogP contribution < -0.4 is 5.32 Å². The molecule has 0 aromatic rings. The number of carbonyl (C=O) groups excluding carboxylic acids is 1. The lowest BCUT2D eigenvalue weighted by molar-refractivity contribution is -0.159. The van der Waals surface area contributed by atoms with Crippen molar-refractivity contribution in [1.82, 2.24) is 5.32 Å². The van der Waals surface area contributed by atoms with Crippen LogP contribution >= 0.6 is 0 Å². The molecule has 1 fully saturated rings. The highest BCUT2D eigenvalue weighted by Gasteiger charge is 2.50. The highest BCUT2D eigenvalue weighted by Crippen LogP contribution is 2.30. The zero-order chi connectivity index (χ0) is 12.3. The second-order valence-corrected chi connectivity index (χ2v) is 5.46. The molecule has 1 rings (SSSR count). The van der Waals surface area contributed by atoms with E-state index in [9.17, 15) is 17.8 Å². The second-order valence-electron chi connectivity index (χ2n) is 3.99. The average Bonchev–Trinajstić information content (AvgIpc) is 2.36. The third kappa shape index (κ3) is 3.79. The molecule has 0 aliphatic carbocycles. The molecule has 3 unspecified atom stereocenters. The monoisotopic (exact) mass is 255 g/mol. The molecule has 7 heteroatoms. The average molecular weight is 255 g/mol. The van der Waals surface area contributed by atoms with Gasteiger partial charge in [-0.1, -0.05) is 0 Å². The van der Waals surface area contributed by atoms with E-state index in [1.165, 1.54) is 0 Å². The summed E-state index contributed by atoms with van der Waals surface area (Å²) in [5.41, 5.74) is 0. The summed E-state index contributed by atoms with van der Waals surface area (Å²) in [6.45, 7) is 1.97. The highest BCUT2D eigenvalue weighted by atomic mass is 32.2. The maximum Gasteiger partial charge on any atom is 0.377 e. The molecule has 1 saturated heterocycles. The Bertz CT molecular complexity index is 298. The van der Waals surface area contributed by atoms with Crippen LogP contribution in [0.15, 0.2) is 0 Å². The number of rotatable bonds is 5. The van der Waals surface area contributed by atoms with Gasteiger partial charge in [0.1, 0.15) is 6.10 Å². The van der Waals surface area contributed by atoms with Gasteiger partial charge in [0.2, 0.25) is 0 Å². The fraction of sp³-hybridized carbons (Fsp3) is 0.889. The van der Waals surface area contributed by atoms with Gasteiger partial charge in [0.15, 0.2) is 0 Å². The minimum Gasteiger partial charge on any atom is -0.456 e. The van der Waals surface area contributed by atoms with Crippen LogP contribution in [0.1, 0.15) is 13.3 Å². The van der Waals surface area contributed by atoms with Gasteiger partial charge in [0, 0.05) is 35.4 Å². The first-order valence-electron chi connectivity index (χ1n) is 4.93. The highest BCUT2D eigenvalue weighted by molar-refractivity contribution is 7.84. The normalized spacial score (nSPS) is 27.5. The molecular formula is C9H15F2NO3S. The molecule has 1 aliphatic rings. The van der Waals surface area contributed by atoms with Gasteiger partial charge in [-0.15, -0.1) is 0 Å². The van der Waals surface area contributed by atoms with Crippen molar-refractivity contribution in [2.24, 2.45) is 0 Å². The van der Waals surface area contributed by atoms with E-state index >= 15 is 0 Å². The van der Waals surface area contributed by atoms with Gasteiger partial charge < -0.3 is 10.1 Å². The Hall–Kier alpha value is -0.560. The van der Waals surface area contributed by atoms with Crippen molar-refractivity contribution in [3.8, 4) is 0 Å². The largest absolute Gasteiger partial charge is 0.456 e. The van der Waals surface area contributed by atoms with Crippen LogP contribution in [-0.2, 0) is 20.3 Å². The molecule has 94 valence electrons. The minimum atomic E-state index is -3.36. The standard InChI is InChI=1S/C9H15F2NO3S/c1-6(5-16(2)14)12-4-7-3-9(10,11)8(13)15-7/h6-7,12H,3-5H2,1-2H3. The molecule has 0 aromatic heterocycles. The van der Waals surface area contributed by atoms with Crippen LogP contribution in [0, 0.1) is 0 Å². The van der Waals surface area contributed by atoms with E-state index in [-0.39, 0.29) is 12.6 Å². The summed E-state index contributed by atoms with van der Waals surface area (Å²) in [4.78, 5) is 10.7. The van der Waals surface area contributed by atoms with Crippen LogP contribution in [-0.4, -0.2) is 46.8 Å². The van der Waals surface area contributed by atoms with Crippen LogP contribution in [0.25, 0.3) is 0 Å². The Labute approximate surface area is 95.2 Å². The van der Waals surface area contributed by atoms with Gasteiger partial charge in [0.25, 0.3) is 0 Å². The van der Waals surface area contributed by atoms with Crippen molar-refractivity contribution in [1.29, 1.82) is 0 Å². The van der Waals surface area contributed by atoms with Crippen LogP contribution in [0.4, 0.5) is 8.78 Å². The van der Waals surface area contributed by atoms with E-state index < -0.39 is 35.2 Å². The van der Waals surface area contributed by atoms with Gasteiger partial charge >= 0.3 is 11.9 Å². The predicted molar refractivity (Wildman–Crippen MR) is 55.8 cm³/mol. The number of carbonyl (C=O) groups is 1. The van der Waals surface area contributed by atoms with Gasteiger partial charge in [-0.25, -0.2) is 4.79 Å². The van der Waals surface area contributed by atoms with Crippen molar-refractivity contribution in [3.05, 3.63) is 0 Å². The van der Waals surface area contributed by atoms with E-state index in [1.54, 1.807) is 13.2 Å². The lowest BCUT2D eigenvalue weighted by Crippen LogP contribution is -2.37. The fourth-order valence-corrected chi connectivity index (χ4v) is 2.33. The van der Waals surface area contributed by atoms with Gasteiger partial charge in [-0.05, 0) is 6.92 Å². The molecule has 0 amide bonds. The molecule has 1 heterocycles. The smallest absolute Gasteiger partial charge is 0.377 e. The lowest BCUT2D eigenvalue weighted by Gasteiger charge is -2.15. The summed E-state index contributed by atoms with van der Waals surface area (Å²) >= 11 is 0. The Morgan fingerprint density at radius 1 is 1.69 bits per heavy atom.